The fourth-order valence-corrected chi connectivity index (χ4v) is 8.54. The SMILES string of the molecule is c1ccc(C2(c3ccc(Cc4ccc5c6ccccc6n(-c6ccc7ccccc7c6)c5c4)cc3)c3ccccc3-c3ccccc32)cc1. The first-order chi connectivity index (χ1) is 24.3. The van der Waals surface area contributed by atoms with E-state index < -0.39 is 0 Å². The third-order valence-corrected chi connectivity index (χ3v) is 10.7. The van der Waals surface area contributed by atoms with E-state index in [4.69, 9.17) is 0 Å². The van der Waals surface area contributed by atoms with E-state index in [1.54, 1.807) is 0 Å². The second-order valence-corrected chi connectivity index (χ2v) is 13.3. The summed E-state index contributed by atoms with van der Waals surface area (Å²) in [6.07, 6.45) is 0.862. The van der Waals surface area contributed by atoms with Crippen molar-refractivity contribution in [2.24, 2.45) is 0 Å². The minimum atomic E-state index is -0.368. The molecule has 0 amide bonds. The Labute approximate surface area is 286 Å². The minimum Gasteiger partial charge on any atom is -0.309 e. The summed E-state index contributed by atoms with van der Waals surface area (Å²) in [5.74, 6) is 0. The first-order valence-electron chi connectivity index (χ1n) is 17.1. The zero-order valence-electron chi connectivity index (χ0n) is 27.1. The molecule has 1 heterocycles. The van der Waals surface area contributed by atoms with E-state index in [0.717, 1.165) is 6.42 Å². The standard InChI is InChI=1S/C48H33N/c1-2-14-37(15-3-1)48(44-19-9-6-16-40(44)41-17-7-10-20-45(41)48)38-26-22-33(23-27-38)30-34-24-29-43-42-18-8-11-21-46(42)49(47(43)31-34)39-28-25-35-12-4-5-13-36(35)32-39/h1-29,31-32H,30H2. The van der Waals surface area contributed by atoms with Crippen LogP contribution in [0.5, 0.6) is 0 Å². The Kier molecular flexibility index (Phi) is 6.22. The number of benzene rings is 8. The zero-order valence-corrected chi connectivity index (χ0v) is 27.1. The summed E-state index contributed by atoms with van der Waals surface area (Å²) < 4.78 is 2.43. The Bertz CT molecular complexity index is 2630. The van der Waals surface area contributed by atoms with Crippen LogP contribution in [0.2, 0.25) is 0 Å². The second kappa shape index (κ2) is 10.9. The van der Waals surface area contributed by atoms with E-state index in [0.29, 0.717) is 0 Å². The average Bonchev–Trinajstić information content (AvgIpc) is 3.66. The highest BCUT2D eigenvalue weighted by Gasteiger charge is 2.45. The van der Waals surface area contributed by atoms with Gasteiger partial charge in [-0.1, -0.05) is 164 Å². The van der Waals surface area contributed by atoms with Gasteiger partial charge in [0.2, 0.25) is 0 Å². The smallest absolute Gasteiger partial charge is 0.0713 e. The Balaban J connectivity index is 1.08. The lowest BCUT2D eigenvalue weighted by molar-refractivity contribution is 0.767. The topological polar surface area (TPSA) is 4.93 Å². The summed E-state index contributed by atoms with van der Waals surface area (Å²) in [6.45, 7) is 0. The van der Waals surface area contributed by atoms with Crippen LogP contribution in [0.4, 0.5) is 0 Å². The average molecular weight is 624 g/mol. The van der Waals surface area contributed by atoms with Crippen LogP contribution in [0.15, 0.2) is 188 Å². The number of aromatic nitrogens is 1. The van der Waals surface area contributed by atoms with Crippen LogP contribution < -0.4 is 0 Å². The van der Waals surface area contributed by atoms with Crippen LogP contribution in [0, 0.1) is 0 Å². The molecule has 8 aromatic carbocycles. The lowest BCUT2D eigenvalue weighted by atomic mass is 9.67. The molecule has 1 heteroatoms. The third kappa shape index (κ3) is 4.19. The molecule has 0 fully saturated rings. The van der Waals surface area contributed by atoms with Crippen LogP contribution in [0.1, 0.15) is 33.4 Å². The maximum atomic E-state index is 2.43. The number of rotatable bonds is 5. The van der Waals surface area contributed by atoms with Gasteiger partial charge in [0.1, 0.15) is 0 Å². The molecule has 1 nitrogen and oxygen atoms in total. The summed E-state index contributed by atoms with van der Waals surface area (Å²) in [5.41, 5.74) is 13.8. The van der Waals surface area contributed by atoms with E-state index in [1.807, 2.05) is 0 Å². The third-order valence-electron chi connectivity index (χ3n) is 10.7. The van der Waals surface area contributed by atoms with Crippen LogP contribution in [-0.4, -0.2) is 4.57 Å². The lowest BCUT2D eigenvalue weighted by Crippen LogP contribution is -2.28. The van der Waals surface area contributed by atoms with Crippen molar-refractivity contribution in [1.29, 1.82) is 0 Å². The van der Waals surface area contributed by atoms with E-state index >= 15 is 0 Å². The van der Waals surface area contributed by atoms with Gasteiger partial charge in [-0.2, -0.15) is 0 Å². The molecule has 0 atom stereocenters. The van der Waals surface area contributed by atoms with Crippen molar-refractivity contribution in [3.8, 4) is 16.8 Å². The molecule has 1 aromatic heterocycles. The molecule has 0 bridgehead atoms. The van der Waals surface area contributed by atoms with Gasteiger partial charge in [0.25, 0.3) is 0 Å². The molecule has 0 radical (unpaired) electrons. The normalized spacial score (nSPS) is 13.1. The quantitative estimate of drug-likeness (QED) is 0.180. The summed E-state index contributed by atoms with van der Waals surface area (Å²) in [5, 5.41) is 5.08. The Morgan fingerprint density at radius 3 is 1.76 bits per heavy atom. The molecule has 0 aliphatic heterocycles. The van der Waals surface area contributed by atoms with Crippen LogP contribution in [0.25, 0.3) is 49.4 Å². The molecular weight excluding hydrogens is 591 g/mol. The molecule has 230 valence electrons. The first-order valence-corrected chi connectivity index (χ1v) is 17.1. The van der Waals surface area contributed by atoms with Crippen LogP contribution in [-0.2, 0) is 11.8 Å². The number of hydrogen-bond donors (Lipinski definition) is 0. The van der Waals surface area contributed by atoms with Crippen molar-refractivity contribution >= 4 is 32.6 Å². The summed E-state index contributed by atoms with van der Waals surface area (Å²) in [7, 11) is 0. The molecule has 49 heavy (non-hydrogen) atoms. The van der Waals surface area contributed by atoms with Crippen molar-refractivity contribution < 1.29 is 0 Å². The Morgan fingerprint density at radius 1 is 0.388 bits per heavy atom. The maximum absolute atomic E-state index is 2.43. The van der Waals surface area contributed by atoms with Crippen LogP contribution >= 0.6 is 0 Å². The van der Waals surface area contributed by atoms with Crippen molar-refractivity contribution in [2.75, 3.05) is 0 Å². The Hall–Kier alpha value is -6.18. The number of fused-ring (bicyclic) bond motifs is 7. The van der Waals surface area contributed by atoms with Crippen molar-refractivity contribution in [3.63, 3.8) is 0 Å². The van der Waals surface area contributed by atoms with Crippen molar-refractivity contribution in [2.45, 2.75) is 11.8 Å². The molecule has 10 rings (SSSR count). The summed E-state index contributed by atoms with van der Waals surface area (Å²) >= 11 is 0. The van der Waals surface area contributed by atoms with Crippen molar-refractivity contribution in [1.82, 2.24) is 4.57 Å². The van der Waals surface area contributed by atoms with Crippen molar-refractivity contribution in [3.05, 3.63) is 221 Å². The highest BCUT2D eigenvalue weighted by molar-refractivity contribution is 6.09. The number of para-hydroxylation sites is 1. The van der Waals surface area contributed by atoms with E-state index in [1.165, 1.54) is 82.8 Å². The highest BCUT2D eigenvalue weighted by atomic mass is 15.0. The fraction of sp³-hybridized carbons (Fsp3) is 0.0417. The van der Waals surface area contributed by atoms with Gasteiger partial charge >= 0.3 is 0 Å². The number of hydrogen-bond acceptors (Lipinski definition) is 0. The molecule has 0 N–H and O–H groups in total. The van der Waals surface area contributed by atoms with Gasteiger partial charge in [0, 0.05) is 16.5 Å². The minimum absolute atomic E-state index is 0.368. The summed E-state index contributed by atoms with van der Waals surface area (Å²) in [6, 6.07) is 69.5. The van der Waals surface area contributed by atoms with E-state index in [2.05, 4.69) is 193 Å². The van der Waals surface area contributed by atoms with Gasteiger partial charge < -0.3 is 4.57 Å². The number of nitrogens with zero attached hydrogens (tertiary/aromatic N) is 1. The Morgan fingerprint density at radius 2 is 0.980 bits per heavy atom. The molecule has 9 aromatic rings. The highest BCUT2D eigenvalue weighted by Crippen LogP contribution is 2.55. The van der Waals surface area contributed by atoms with Crippen LogP contribution in [0.3, 0.4) is 0 Å². The predicted octanol–water partition coefficient (Wildman–Crippen LogP) is 11.9. The molecule has 1 aliphatic carbocycles. The lowest BCUT2D eigenvalue weighted by Gasteiger charge is -2.34. The maximum Gasteiger partial charge on any atom is 0.0713 e. The molecule has 1 aliphatic rings. The molecule has 0 saturated heterocycles. The largest absolute Gasteiger partial charge is 0.309 e. The van der Waals surface area contributed by atoms with Gasteiger partial charge in [-0.05, 0) is 86.0 Å². The van der Waals surface area contributed by atoms with Gasteiger partial charge in [-0.15, -0.1) is 0 Å². The molecule has 0 spiro atoms. The zero-order chi connectivity index (χ0) is 32.4. The van der Waals surface area contributed by atoms with Gasteiger partial charge in [-0.3, -0.25) is 0 Å². The monoisotopic (exact) mass is 623 g/mol. The first kappa shape index (κ1) is 27.9. The van der Waals surface area contributed by atoms with Gasteiger partial charge in [-0.25, -0.2) is 0 Å². The van der Waals surface area contributed by atoms with Gasteiger partial charge in [0.15, 0.2) is 0 Å². The summed E-state index contributed by atoms with van der Waals surface area (Å²) in [4.78, 5) is 0. The second-order valence-electron chi connectivity index (χ2n) is 13.3. The van der Waals surface area contributed by atoms with E-state index in [-0.39, 0.29) is 5.41 Å². The molecule has 0 unspecified atom stereocenters. The fourth-order valence-electron chi connectivity index (χ4n) is 8.54. The molecular formula is C48H33N. The molecule has 0 saturated carbocycles. The van der Waals surface area contributed by atoms with Gasteiger partial charge in [0.05, 0.1) is 16.4 Å². The van der Waals surface area contributed by atoms with E-state index in [9.17, 15) is 0 Å². The predicted molar refractivity (Wildman–Crippen MR) is 205 cm³/mol.